The first-order valence-corrected chi connectivity index (χ1v) is 7.56. The SMILES string of the molecule is CCCNc1c(F)cccc1C(=O)NC1C(C)(C)C1(C)C. The molecule has 0 bridgehead atoms. The summed E-state index contributed by atoms with van der Waals surface area (Å²) < 4.78 is 13.9. The zero-order chi connectivity index (χ0) is 15.8. The molecule has 21 heavy (non-hydrogen) atoms. The first-order chi connectivity index (χ1) is 9.73. The summed E-state index contributed by atoms with van der Waals surface area (Å²) in [5.74, 6) is -0.595. The Morgan fingerprint density at radius 3 is 2.38 bits per heavy atom. The maximum atomic E-state index is 13.9. The maximum absolute atomic E-state index is 13.9. The van der Waals surface area contributed by atoms with Gasteiger partial charge >= 0.3 is 0 Å². The molecule has 1 amide bonds. The third-order valence-electron chi connectivity index (χ3n) is 5.11. The monoisotopic (exact) mass is 292 g/mol. The van der Waals surface area contributed by atoms with Crippen molar-refractivity contribution in [3.63, 3.8) is 0 Å². The Kier molecular flexibility index (Phi) is 4.00. The molecule has 1 fully saturated rings. The van der Waals surface area contributed by atoms with E-state index in [1.54, 1.807) is 12.1 Å². The summed E-state index contributed by atoms with van der Waals surface area (Å²) in [4.78, 5) is 12.5. The van der Waals surface area contributed by atoms with Gasteiger partial charge < -0.3 is 10.6 Å². The van der Waals surface area contributed by atoms with Gasteiger partial charge in [0.1, 0.15) is 5.82 Å². The highest BCUT2D eigenvalue weighted by molar-refractivity contribution is 6.00. The topological polar surface area (TPSA) is 41.1 Å². The van der Waals surface area contributed by atoms with Crippen LogP contribution in [0.5, 0.6) is 0 Å². The van der Waals surface area contributed by atoms with Gasteiger partial charge in [-0.1, -0.05) is 40.7 Å². The number of anilines is 1. The summed E-state index contributed by atoms with van der Waals surface area (Å²) >= 11 is 0. The highest BCUT2D eigenvalue weighted by Crippen LogP contribution is 2.62. The molecule has 0 spiro atoms. The van der Waals surface area contributed by atoms with Crippen molar-refractivity contribution in [3.8, 4) is 0 Å². The van der Waals surface area contributed by atoms with Gasteiger partial charge in [0.15, 0.2) is 0 Å². The minimum atomic E-state index is -0.384. The molecule has 4 heteroatoms. The number of nitrogens with one attached hydrogen (secondary N) is 2. The molecule has 116 valence electrons. The molecule has 0 aliphatic heterocycles. The van der Waals surface area contributed by atoms with Gasteiger partial charge in [-0.2, -0.15) is 0 Å². The molecule has 0 unspecified atom stereocenters. The number of benzene rings is 1. The van der Waals surface area contributed by atoms with Crippen LogP contribution in [0.1, 0.15) is 51.4 Å². The predicted octanol–water partition coefficient (Wildman–Crippen LogP) is 3.81. The van der Waals surface area contributed by atoms with E-state index in [9.17, 15) is 9.18 Å². The summed E-state index contributed by atoms with van der Waals surface area (Å²) in [6, 6.07) is 4.73. The van der Waals surface area contributed by atoms with Crippen molar-refractivity contribution in [1.29, 1.82) is 0 Å². The first-order valence-electron chi connectivity index (χ1n) is 7.56. The fourth-order valence-corrected chi connectivity index (χ4v) is 2.91. The van der Waals surface area contributed by atoms with Crippen LogP contribution in [0.2, 0.25) is 0 Å². The molecule has 0 heterocycles. The van der Waals surface area contributed by atoms with E-state index in [1.165, 1.54) is 6.07 Å². The lowest BCUT2D eigenvalue weighted by atomic mass is 10.0. The van der Waals surface area contributed by atoms with E-state index in [1.807, 2.05) is 6.92 Å². The second kappa shape index (κ2) is 5.32. The summed E-state index contributed by atoms with van der Waals surface area (Å²) in [6.07, 6.45) is 0.873. The summed E-state index contributed by atoms with van der Waals surface area (Å²) in [7, 11) is 0. The van der Waals surface area contributed by atoms with Crippen molar-refractivity contribution in [2.45, 2.75) is 47.1 Å². The van der Waals surface area contributed by atoms with Gasteiger partial charge in [-0.25, -0.2) is 4.39 Å². The summed E-state index contributed by atoms with van der Waals surface area (Å²) in [5.41, 5.74) is 0.801. The Labute approximate surface area is 126 Å². The molecule has 0 aromatic heterocycles. The zero-order valence-electron chi connectivity index (χ0n) is 13.5. The molecule has 0 radical (unpaired) electrons. The zero-order valence-corrected chi connectivity index (χ0v) is 13.5. The fourth-order valence-electron chi connectivity index (χ4n) is 2.91. The minimum absolute atomic E-state index is 0.0625. The lowest BCUT2D eigenvalue weighted by Crippen LogP contribution is -2.30. The molecule has 0 atom stereocenters. The quantitative estimate of drug-likeness (QED) is 0.866. The largest absolute Gasteiger partial charge is 0.382 e. The van der Waals surface area contributed by atoms with Crippen LogP contribution in [0.15, 0.2) is 18.2 Å². The van der Waals surface area contributed by atoms with Gasteiger partial charge in [0.25, 0.3) is 5.91 Å². The van der Waals surface area contributed by atoms with E-state index in [0.29, 0.717) is 17.8 Å². The van der Waals surface area contributed by atoms with Crippen molar-refractivity contribution in [3.05, 3.63) is 29.6 Å². The van der Waals surface area contributed by atoms with Crippen LogP contribution in [0.4, 0.5) is 10.1 Å². The fraction of sp³-hybridized carbons (Fsp3) is 0.588. The number of carbonyl (C=O) groups excluding carboxylic acids is 1. The Bertz CT molecular complexity index is 538. The number of halogens is 1. The molecule has 2 N–H and O–H groups in total. The van der Waals surface area contributed by atoms with E-state index < -0.39 is 0 Å². The van der Waals surface area contributed by atoms with Crippen LogP contribution in [0, 0.1) is 16.6 Å². The minimum Gasteiger partial charge on any atom is -0.382 e. The number of rotatable bonds is 5. The van der Waals surface area contributed by atoms with Crippen molar-refractivity contribution in [1.82, 2.24) is 5.32 Å². The number of hydrogen-bond donors (Lipinski definition) is 2. The van der Waals surface area contributed by atoms with Gasteiger partial charge in [0, 0.05) is 12.6 Å². The third-order valence-corrected chi connectivity index (χ3v) is 5.11. The first kappa shape index (κ1) is 15.8. The number of para-hydroxylation sites is 1. The molecular formula is C17H25FN2O. The van der Waals surface area contributed by atoms with Gasteiger partial charge in [-0.05, 0) is 29.4 Å². The van der Waals surface area contributed by atoms with Crippen molar-refractivity contribution in [2.75, 3.05) is 11.9 Å². The van der Waals surface area contributed by atoms with E-state index in [2.05, 4.69) is 38.3 Å². The standard InChI is InChI=1S/C17H25FN2O/c1-6-10-19-13-11(8-7-9-12(13)18)14(21)20-15-16(2,3)17(15,4)5/h7-9,15,19H,6,10H2,1-5H3,(H,20,21). The highest BCUT2D eigenvalue weighted by atomic mass is 19.1. The Balaban J connectivity index is 2.19. The highest BCUT2D eigenvalue weighted by Gasteiger charge is 2.65. The molecule has 1 aliphatic carbocycles. The van der Waals surface area contributed by atoms with Gasteiger partial charge in [0.05, 0.1) is 11.3 Å². The van der Waals surface area contributed by atoms with E-state index in [0.717, 1.165) is 6.42 Å². The molecule has 2 rings (SSSR count). The van der Waals surface area contributed by atoms with Gasteiger partial charge in [0.2, 0.25) is 0 Å². The van der Waals surface area contributed by atoms with Crippen LogP contribution < -0.4 is 10.6 Å². The molecule has 0 saturated heterocycles. The van der Waals surface area contributed by atoms with Gasteiger partial charge in [-0.15, -0.1) is 0 Å². The van der Waals surface area contributed by atoms with Crippen LogP contribution in [0.25, 0.3) is 0 Å². The second-order valence-corrected chi connectivity index (χ2v) is 6.94. The molecule has 1 saturated carbocycles. The van der Waals surface area contributed by atoms with E-state index in [4.69, 9.17) is 0 Å². The lowest BCUT2D eigenvalue weighted by molar-refractivity contribution is 0.0944. The smallest absolute Gasteiger partial charge is 0.253 e. The summed E-state index contributed by atoms with van der Waals surface area (Å²) in [5, 5.41) is 6.06. The third kappa shape index (κ3) is 2.63. The number of amides is 1. The predicted molar refractivity (Wildman–Crippen MR) is 84.0 cm³/mol. The molecular weight excluding hydrogens is 267 g/mol. The van der Waals surface area contributed by atoms with E-state index >= 15 is 0 Å². The van der Waals surface area contributed by atoms with Crippen LogP contribution in [-0.2, 0) is 0 Å². The molecule has 3 nitrogen and oxygen atoms in total. The average Bonchev–Trinajstić information content (AvgIpc) is 2.79. The number of hydrogen-bond acceptors (Lipinski definition) is 2. The Hall–Kier alpha value is -1.58. The van der Waals surface area contributed by atoms with Crippen LogP contribution >= 0.6 is 0 Å². The molecule has 1 aromatic carbocycles. The lowest BCUT2D eigenvalue weighted by Gasteiger charge is -2.13. The molecule has 1 aliphatic rings. The summed E-state index contributed by atoms with van der Waals surface area (Å²) in [6.45, 7) is 11.2. The van der Waals surface area contributed by atoms with Crippen molar-refractivity contribution in [2.24, 2.45) is 10.8 Å². The second-order valence-electron chi connectivity index (χ2n) is 6.94. The van der Waals surface area contributed by atoms with Crippen molar-refractivity contribution >= 4 is 11.6 Å². The van der Waals surface area contributed by atoms with Gasteiger partial charge in [-0.3, -0.25) is 4.79 Å². The number of carbonyl (C=O) groups is 1. The normalized spacial score (nSPS) is 19.1. The van der Waals surface area contributed by atoms with Crippen LogP contribution in [-0.4, -0.2) is 18.5 Å². The van der Waals surface area contributed by atoms with Crippen LogP contribution in [0.3, 0.4) is 0 Å². The Morgan fingerprint density at radius 2 is 1.86 bits per heavy atom. The maximum Gasteiger partial charge on any atom is 0.253 e. The van der Waals surface area contributed by atoms with Crippen molar-refractivity contribution < 1.29 is 9.18 Å². The average molecular weight is 292 g/mol. The van der Waals surface area contributed by atoms with E-state index in [-0.39, 0.29) is 28.6 Å². The Morgan fingerprint density at radius 1 is 1.24 bits per heavy atom. The molecule has 1 aromatic rings.